The number of carbonyl (C=O) groups is 1. The quantitative estimate of drug-likeness (QED) is 0.840. The molecule has 1 atom stereocenters. The summed E-state index contributed by atoms with van der Waals surface area (Å²) in [7, 11) is 0. The van der Waals surface area contributed by atoms with Crippen molar-refractivity contribution in [2.24, 2.45) is 0 Å². The number of carboxylic acid groups (broad SMARTS) is 1. The summed E-state index contributed by atoms with van der Waals surface area (Å²) in [4.78, 5) is 12.3. The van der Waals surface area contributed by atoms with E-state index in [0.717, 1.165) is 21.6 Å². The van der Waals surface area contributed by atoms with Crippen LogP contribution in [0.4, 0.5) is 0 Å². The molecule has 3 rings (SSSR count). The molecule has 1 aliphatic rings. The van der Waals surface area contributed by atoms with Crippen LogP contribution in [0, 0.1) is 0 Å². The second-order valence-electron chi connectivity index (χ2n) is 4.89. The van der Waals surface area contributed by atoms with Gasteiger partial charge in [-0.3, -0.25) is 0 Å². The predicted octanol–water partition coefficient (Wildman–Crippen LogP) is 4.18. The summed E-state index contributed by atoms with van der Waals surface area (Å²) in [6.45, 7) is 2.09. The average Bonchev–Trinajstić information content (AvgIpc) is 2.73. The molecule has 1 N–H and O–H groups in total. The van der Waals surface area contributed by atoms with E-state index < -0.39 is 5.97 Å². The number of fused-ring (bicyclic) bond motifs is 1. The summed E-state index contributed by atoms with van der Waals surface area (Å²) in [5.41, 5.74) is 3.00. The Bertz CT molecular complexity index is 691. The molecule has 1 aliphatic heterocycles. The highest BCUT2D eigenvalue weighted by atomic mass is 32.2. The van der Waals surface area contributed by atoms with Crippen LogP contribution in [0.15, 0.2) is 65.6 Å². The van der Waals surface area contributed by atoms with Gasteiger partial charge in [-0.15, -0.1) is 11.8 Å². The summed E-state index contributed by atoms with van der Waals surface area (Å²) in [5, 5.41) is 9.19. The summed E-state index contributed by atoms with van der Waals surface area (Å²) in [6, 6.07) is 18.0. The predicted molar refractivity (Wildman–Crippen MR) is 81.7 cm³/mol. The van der Waals surface area contributed by atoms with Crippen molar-refractivity contribution in [3.63, 3.8) is 0 Å². The fraction of sp³-hybridized carbons (Fsp3) is 0.118. The van der Waals surface area contributed by atoms with Gasteiger partial charge in [0, 0.05) is 11.0 Å². The van der Waals surface area contributed by atoms with E-state index in [1.165, 1.54) is 6.08 Å². The topological polar surface area (TPSA) is 37.3 Å². The second-order valence-corrected chi connectivity index (χ2v) is 6.35. The maximum atomic E-state index is 11.2. The Hall–Kier alpha value is -2.00. The molecule has 3 heteroatoms. The second kappa shape index (κ2) is 4.84. The van der Waals surface area contributed by atoms with Crippen molar-refractivity contribution < 1.29 is 9.90 Å². The lowest BCUT2D eigenvalue weighted by atomic mass is 9.87. The third-order valence-corrected chi connectivity index (χ3v) is 5.04. The molecule has 0 amide bonds. The lowest BCUT2D eigenvalue weighted by Crippen LogP contribution is -2.16. The average molecular weight is 282 g/mol. The van der Waals surface area contributed by atoms with Crippen molar-refractivity contribution in [3.8, 4) is 0 Å². The molecule has 0 spiro atoms. The van der Waals surface area contributed by atoms with Gasteiger partial charge in [0.05, 0.1) is 4.75 Å². The number of carboxylic acids is 1. The first kappa shape index (κ1) is 13.0. The molecule has 0 saturated carbocycles. The summed E-state index contributed by atoms with van der Waals surface area (Å²) < 4.78 is -0.358. The summed E-state index contributed by atoms with van der Waals surface area (Å²) in [6.07, 6.45) is 1.34. The monoisotopic (exact) mass is 282 g/mol. The minimum absolute atomic E-state index is 0.358. The molecule has 0 aliphatic carbocycles. The zero-order valence-electron chi connectivity index (χ0n) is 11.0. The fourth-order valence-corrected chi connectivity index (χ4v) is 4.03. The summed E-state index contributed by atoms with van der Waals surface area (Å²) >= 11 is 1.71. The van der Waals surface area contributed by atoms with Crippen molar-refractivity contribution in [1.82, 2.24) is 0 Å². The van der Waals surface area contributed by atoms with Crippen LogP contribution in [-0.4, -0.2) is 11.1 Å². The van der Waals surface area contributed by atoms with Crippen molar-refractivity contribution in [2.75, 3.05) is 0 Å². The van der Waals surface area contributed by atoms with Crippen LogP contribution in [0.3, 0.4) is 0 Å². The van der Waals surface area contributed by atoms with Gasteiger partial charge in [-0.1, -0.05) is 48.5 Å². The van der Waals surface area contributed by atoms with Gasteiger partial charge in [0.25, 0.3) is 0 Å². The molecular weight excluding hydrogens is 268 g/mol. The molecule has 0 radical (unpaired) electrons. The minimum Gasteiger partial charge on any atom is -0.478 e. The smallest absolute Gasteiger partial charge is 0.328 e. The van der Waals surface area contributed by atoms with E-state index in [2.05, 4.69) is 19.1 Å². The summed E-state index contributed by atoms with van der Waals surface area (Å²) in [5.74, 6) is -0.903. The van der Waals surface area contributed by atoms with Crippen LogP contribution in [0.5, 0.6) is 0 Å². The van der Waals surface area contributed by atoms with Crippen LogP contribution >= 0.6 is 11.8 Å². The highest BCUT2D eigenvalue weighted by molar-refractivity contribution is 8.01. The van der Waals surface area contributed by atoms with Gasteiger partial charge in [0.1, 0.15) is 0 Å². The number of thioether (sulfide) groups is 1. The van der Waals surface area contributed by atoms with Crippen LogP contribution in [-0.2, 0) is 9.54 Å². The zero-order valence-corrected chi connectivity index (χ0v) is 11.9. The van der Waals surface area contributed by atoms with E-state index in [9.17, 15) is 9.90 Å². The van der Waals surface area contributed by atoms with Crippen LogP contribution in [0.1, 0.15) is 18.1 Å². The maximum Gasteiger partial charge on any atom is 0.328 e. The van der Waals surface area contributed by atoms with Gasteiger partial charge in [-0.05, 0) is 29.7 Å². The van der Waals surface area contributed by atoms with E-state index in [1.54, 1.807) is 11.8 Å². The van der Waals surface area contributed by atoms with Gasteiger partial charge in [-0.2, -0.15) is 0 Å². The highest BCUT2D eigenvalue weighted by Crippen LogP contribution is 2.58. The number of benzene rings is 2. The molecule has 0 bridgehead atoms. The van der Waals surface area contributed by atoms with Crippen molar-refractivity contribution in [1.29, 1.82) is 0 Å². The molecule has 20 heavy (non-hydrogen) atoms. The lowest BCUT2D eigenvalue weighted by Gasteiger charge is -2.25. The molecule has 0 fully saturated rings. The lowest BCUT2D eigenvalue weighted by molar-refractivity contribution is -0.131. The van der Waals surface area contributed by atoms with E-state index >= 15 is 0 Å². The van der Waals surface area contributed by atoms with E-state index in [1.807, 2.05) is 42.5 Å². The largest absolute Gasteiger partial charge is 0.478 e. The van der Waals surface area contributed by atoms with Gasteiger partial charge >= 0.3 is 5.97 Å². The maximum absolute atomic E-state index is 11.2. The first-order valence-electron chi connectivity index (χ1n) is 6.40. The van der Waals surface area contributed by atoms with Gasteiger partial charge < -0.3 is 5.11 Å². The number of hydrogen-bond acceptors (Lipinski definition) is 2. The SMILES string of the molecule is CC1(c2ccccc2)Sc2ccccc2C1=CC(=O)O. The Labute approximate surface area is 122 Å². The molecular formula is C17H14O2S. The normalized spacial score (nSPS) is 22.8. The number of aliphatic carboxylic acids is 1. The Morgan fingerprint density at radius 2 is 1.75 bits per heavy atom. The van der Waals surface area contributed by atoms with Crippen LogP contribution < -0.4 is 0 Å². The molecule has 100 valence electrons. The van der Waals surface area contributed by atoms with Crippen LogP contribution in [0.2, 0.25) is 0 Å². The molecule has 0 saturated heterocycles. The number of rotatable bonds is 2. The molecule has 1 heterocycles. The van der Waals surface area contributed by atoms with Gasteiger partial charge in [0.2, 0.25) is 0 Å². The Kier molecular flexibility index (Phi) is 3.14. The van der Waals surface area contributed by atoms with Crippen molar-refractivity contribution in [3.05, 3.63) is 71.8 Å². The molecule has 2 nitrogen and oxygen atoms in total. The Morgan fingerprint density at radius 1 is 1.10 bits per heavy atom. The first-order valence-corrected chi connectivity index (χ1v) is 7.22. The van der Waals surface area contributed by atoms with Crippen LogP contribution in [0.25, 0.3) is 5.57 Å². The molecule has 2 aromatic rings. The van der Waals surface area contributed by atoms with Gasteiger partial charge in [-0.25, -0.2) is 4.79 Å². The number of hydrogen-bond donors (Lipinski definition) is 1. The van der Waals surface area contributed by atoms with E-state index in [4.69, 9.17) is 0 Å². The molecule has 0 aromatic heterocycles. The first-order chi connectivity index (χ1) is 9.61. The van der Waals surface area contributed by atoms with Crippen molar-refractivity contribution in [2.45, 2.75) is 16.6 Å². The van der Waals surface area contributed by atoms with Crippen molar-refractivity contribution >= 4 is 23.3 Å². The van der Waals surface area contributed by atoms with E-state index in [0.29, 0.717) is 0 Å². The Morgan fingerprint density at radius 3 is 2.45 bits per heavy atom. The minimum atomic E-state index is -0.903. The third kappa shape index (κ3) is 2.04. The Balaban J connectivity index is 2.20. The van der Waals surface area contributed by atoms with E-state index in [-0.39, 0.29) is 4.75 Å². The van der Waals surface area contributed by atoms with Gasteiger partial charge in [0.15, 0.2) is 0 Å². The zero-order chi connectivity index (χ0) is 14.2. The standard InChI is InChI=1S/C17H14O2S/c1-17(12-7-3-2-4-8-12)14(11-16(18)19)13-9-5-6-10-15(13)20-17/h2-11H,1H3,(H,18,19). The molecule has 2 aromatic carbocycles. The highest BCUT2D eigenvalue weighted by Gasteiger charge is 2.40. The third-order valence-electron chi connectivity index (χ3n) is 3.60. The molecule has 1 unspecified atom stereocenters. The fourth-order valence-electron chi connectivity index (χ4n) is 2.62.